The largest absolute Gasteiger partial charge is 0.490 e. The van der Waals surface area contributed by atoms with Crippen LogP contribution in [0, 0.1) is 0 Å². The molecular weight excluding hydrogens is 660 g/mol. The summed E-state index contributed by atoms with van der Waals surface area (Å²) in [5, 5.41) is 15.8. The van der Waals surface area contributed by atoms with Gasteiger partial charge in [-0.2, -0.15) is 0 Å². The molecule has 1 aliphatic carbocycles. The second-order valence-electron chi connectivity index (χ2n) is 11.8. The van der Waals surface area contributed by atoms with Crippen molar-refractivity contribution in [3.8, 4) is 5.75 Å². The van der Waals surface area contributed by atoms with Crippen LogP contribution in [0.15, 0.2) is 42.1 Å². The van der Waals surface area contributed by atoms with Gasteiger partial charge in [-0.15, -0.1) is 11.3 Å². The molecule has 1 amide bonds. The Morgan fingerprint density at radius 2 is 1.86 bits per heavy atom. The average Bonchev–Trinajstić information content (AvgIpc) is 3.73. The van der Waals surface area contributed by atoms with E-state index in [0.717, 1.165) is 83.5 Å². The van der Waals surface area contributed by atoms with Gasteiger partial charge in [-0.05, 0) is 86.3 Å². The number of carbonyl (C=O) groups excluding carboxylic acids is 1. The number of fused-ring (bicyclic) bond motifs is 2. The number of benzene rings is 2. The summed E-state index contributed by atoms with van der Waals surface area (Å²) >= 11 is 27.3. The van der Waals surface area contributed by atoms with Crippen molar-refractivity contribution in [3.63, 3.8) is 0 Å². The molecule has 234 valence electrons. The van der Waals surface area contributed by atoms with Crippen molar-refractivity contribution >= 4 is 69.2 Å². The number of ether oxygens (including phenoxy) is 1. The predicted octanol–water partition coefficient (Wildman–Crippen LogP) is 8.16. The van der Waals surface area contributed by atoms with Crippen molar-refractivity contribution in [2.45, 2.75) is 82.5 Å². The first kappa shape index (κ1) is 32.1. The first-order chi connectivity index (χ1) is 21.3. The number of piperidine rings is 1. The van der Waals surface area contributed by atoms with Crippen LogP contribution >= 0.6 is 57.7 Å². The quantitative estimate of drug-likeness (QED) is 0.187. The Balaban J connectivity index is 1.18. The molecule has 0 spiro atoms. The highest BCUT2D eigenvalue weighted by Crippen LogP contribution is 2.41. The number of aryl methyl sites for hydroxylation is 1. The summed E-state index contributed by atoms with van der Waals surface area (Å²) < 4.78 is 5.93. The van der Waals surface area contributed by atoms with Gasteiger partial charge < -0.3 is 20.1 Å². The van der Waals surface area contributed by atoms with Crippen molar-refractivity contribution < 1.29 is 14.6 Å². The first-order valence-electron chi connectivity index (χ1n) is 15.2. The van der Waals surface area contributed by atoms with Gasteiger partial charge in [0.25, 0.3) is 5.91 Å². The number of amides is 1. The minimum Gasteiger partial charge on any atom is -0.490 e. The van der Waals surface area contributed by atoms with Gasteiger partial charge in [-0.3, -0.25) is 4.79 Å². The number of halogens is 4. The maximum absolute atomic E-state index is 14.4. The molecule has 6 rings (SSSR count). The molecule has 44 heavy (non-hydrogen) atoms. The Hall–Kier alpha value is -1.84. The number of aliphatic hydroxyl groups excluding tert-OH is 1. The molecule has 0 radical (unpaired) electrons. The fourth-order valence-corrected chi connectivity index (χ4v) is 8.28. The van der Waals surface area contributed by atoms with Crippen LogP contribution in [-0.4, -0.2) is 52.2 Å². The average molecular weight is 696 g/mol. The number of hydrogen-bond donors (Lipinski definition) is 2. The molecule has 1 saturated heterocycles. The number of aromatic nitrogens is 1. The summed E-state index contributed by atoms with van der Waals surface area (Å²) in [5.41, 5.74) is 3.76. The fourth-order valence-electron chi connectivity index (χ4n) is 6.23. The molecule has 11 heteroatoms. The fraction of sp³-hybridized carbons (Fsp3) is 0.455. The van der Waals surface area contributed by atoms with E-state index < -0.39 is 0 Å². The highest BCUT2D eigenvalue weighted by molar-refractivity contribution is 7.12. The van der Waals surface area contributed by atoms with E-state index in [1.54, 1.807) is 29.5 Å². The maximum Gasteiger partial charge on any atom is 0.252 e. The number of nitrogens with one attached hydrogen (secondary N) is 1. The zero-order valence-electron chi connectivity index (χ0n) is 24.3. The van der Waals surface area contributed by atoms with Crippen LogP contribution in [0.1, 0.15) is 66.0 Å². The third-order valence-corrected chi connectivity index (χ3v) is 11.1. The maximum atomic E-state index is 14.4. The molecule has 1 saturated carbocycles. The third kappa shape index (κ3) is 7.25. The summed E-state index contributed by atoms with van der Waals surface area (Å²) in [6.45, 7) is 0.919. The summed E-state index contributed by atoms with van der Waals surface area (Å²) in [6.07, 6.45) is 9.91. The van der Waals surface area contributed by atoms with E-state index in [9.17, 15) is 9.90 Å². The molecular formula is C33H35Cl4N3O3S. The van der Waals surface area contributed by atoms with E-state index in [1.165, 1.54) is 0 Å². The monoisotopic (exact) mass is 693 g/mol. The smallest absolute Gasteiger partial charge is 0.252 e. The lowest BCUT2D eigenvalue weighted by atomic mass is 9.81. The van der Waals surface area contributed by atoms with Crippen molar-refractivity contribution in [2.24, 2.45) is 0 Å². The standard InChI is InChI=1S/C33H35Cl4N3O3S/c34-24-6-1-4-20(31(24)37)18-40(22-9-10-22)33(42)30-23(16-21-5-2-7-27(30)39-21)28-17-38-29(44-28)8-3-13-43-32-25(35)14-19(11-12-41)15-26(32)36/h1,4,6,14-15,17,21-22,27,39,41H,2-3,5,7-13,16,18H2/t21-,27?/m0/s1. The summed E-state index contributed by atoms with van der Waals surface area (Å²) in [6, 6.07) is 9.81. The van der Waals surface area contributed by atoms with Gasteiger partial charge in [0.15, 0.2) is 5.75 Å². The Morgan fingerprint density at radius 1 is 1.07 bits per heavy atom. The Labute approximate surface area is 282 Å². The minimum absolute atomic E-state index is 0.0315. The zero-order chi connectivity index (χ0) is 30.8. The summed E-state index contributed by atoms with van der Waals surface area (Å²) in [4.78, 5) is 22.2. The normalized spacial score (nSPS) is 19.8. The summed E-state index contributed by atoms with van der Waals surface area (Å²) in [7, 11) is 0. The Kier molecular flexibility index (Phi) is 10.4. The van der Waals surface area contributed by atoms with E-state index in [-0.39, 0.29) is 24.6 Å². The molecule has 2 N–H and O–H groups in total. The molecule has 6 nitrogen and oxygen atoms in total. The summed E-state index contributed by atoms with van der Waals surface area (Å²) in [5.74, 6) is 0.558. The van der Waals surface area contributed by atoms with Crippen LogP contribution in [0.4, 0.5) is 0 Å². The van der Waals surface area contributed by atoms with Gasteiger partial charge in [0.05, 0.1) is 36.6 Å². The number of thiazole rings is 1. The molecule has 3 heterocycles. The highest BCUT2D eigenvalue weighted by Gasteiger charge is 2.41. The number of carbonyl (C=O) groups is 1. The van der Waals surface area contributed by atoms with Gasteiger partial charge in [-0.1, -0.05) is 58.5 Å². The van der Waals surface area contributed by atoms with Gasteiger partial charge >= 0.3 is 0 Å². The van der Waals surface area contributed by atoms with Crippen molar-refractivity contribution in [1.29, 1.82) is 0 Å². The topological polar surface area (TPSA) is 74.7 Å². The Morgan fingerprint density at radius 3 is 2.61 bits per heavy atom. The second kappa shape index (κ2) is 14.3. The van der Waals surface area contributed by atoms with E-state index in [0.29, 0.717) is 51.5 Å². The molecule has 2 aromatic carbocycles. The molecule has 2 aliphatic heterocycles. The SMILES string of the molecule is O=C(C1=C(c2cnc(CCCOc3c(Cl)cc(CCO)cc3Cl)s2)C[C@@H]2CCCC1N2)N(Cc1cccc(Cl)c1Cl)C1CC1. The number of aliphatic hydroxyl groups is 1. The van der Waals surface area contributed by atoms with Crippen LogP contribution in [-0.2, 0) is 24.2 Å². The van der Waals surface area contributed by atoms with E-state index in [2.05, 4.69) is 5.32 Å². The van der Waals surface area contributed by atoms with Crippen molar-refractivity contribution in [3.05, 3.63) is 83.2 Å². The molecule has 1 unspecified atom stereocenters. The van der Waals surface area contributed by atoms with Gasteiger partial charge in [-0.25, -0.2) is 4.98 Å². The lowest BCUT2D eigenvalue weighted by Crippen LogP contribution is -2.51. The predicted molar refractivity (Wildman–Crippen MR) is 179 cm³/mol. The van der Waals surface area contributed by atoms with E-state index >= 15 is 0 Å². The number of hydrogen-bond acceptors (Lipinski definition) is 6. The van der Waals surface area contributed by atoms with Gasteiger partial charge in [0.2, 0.25) is 0 Å². The molecule has 1 aromatic heterocycles. The molecule has 3 aliphatic rings. The third-order valence-electron chi connectivity index (χ3n) is 8.55. The minimum atomic E-state index is 0.0315. The lowest BCUT2D eigenvalue weighted by Gasteiger charge is -2.40. The molecule has 2 atom stereocenters. The van der Waals surface area contributed by atoms with Gasteiger partial charge in [0, 0.05) is 49.5 Å². The Bertz CT molecular complexity index is 1530. The van der Waals surface area contributed by atoms with Crippen LogP contribution in [0.2, 0.25) is 20.1 Å². The van der Waals surface area contributed by atoms with Crippen LogP contribution in [0.25, 0.3) is 5.57 Å². The zero-order valence-corrected chi connectivity index (χ0v) is 28.1. The van der Waals surface area contributed by atoms with Crippen LogP contribution in [0.5, 0.6) is 5.75 Å². The highest BCUT2D eigenvalue weighted by atomic mass is 35.5. The molecule has 3 aromatic rings. The number of nitrogens with zero attached hydrogens (tertiary/aromatic N) is 2. The van der Waals surface area contributed by atoms with Crippen LogP contribution in [0.3, 0.4) is 0 Å². The first-order valence-corrected chi connectivity index (χ1v) is 17.5. The molecule has 2 fully saturated rings. The second-order valence-corrected chi connectivity index (χ2v) is 14.5. The van der Waals surface area contributed by atoms with Crippen molar-refractivity contribution in [2.75, 3.05) is 13.2 Å². The van der Waals surface area contributed by atoms with Gasteiger partial charge in [0.1, 0.15) is 0 Å². The van der Waals surface area contributed by atoms with E-state index in [1.807, 2.05) is 23.2 Å². The lowest BCUT2D eigenvalue weighted by molar-refractivity contribution is -0.128. The van der Waals surface area contributed by atoms with Crippen molar-refractivity contribution in [1.82, 2.24) is 15.2 Å². The number of rotatable bonds is 12. The van der Waals surface area contributed by atoms with Crippen LogP contribution < -0.4 is 10.1 Å². The molecule has 2 bridgehead atoms. The van der Waals surface area contributed by atoms with E-state index in [4.69, 9.17) is 56.1 Å².